The Morgan fingerprint density at radius 1 is 1.09 bits per heavy atom. The number of non-ortho nitro benzene ring substituents is 1. The number of ether oxygens (including phenoxy) is 1. The summed E-state index contributed by atoms with van der Waals surface area (Å²) in [6.07, 6.45) is 0.416. The second kappa shape index (κ2) is 9.73. The summed E-state index contributed by atoms with van der Waals surface area (Å²) in [7, 11) is 1.56. The highest BCUT2D eigenvalue weighted by molar-refractivity contribution is 5.94. The van der Waals surface area contributed by atoms with E-state index in [9.17, 15) is 14.9 Å². The van der Waals surface area contributed by atoms with Crippen molar-refractivity contribution in [1.29, 1.82) is 0 Å². The average molecular weight is 444 g/mol. The summed E-state index contributed by atoms with van der Waals surface area (Å²) in [5.74, 6) is 0.729. The molecule has 166 valence electrons. The van der Waals surface area contributed by atoms with Crippen molar-refractivity contribution in [3.8, 4) is 17.1 Å². The van der Waals surface area contributed by atoms with Gasteiger partial charge in [0.25, 0.3) is 11.6 Å². The fraction of sp³-hybridized carbons (Fsp3) is 0.125. The van der Waals surface area contributed by atoms with E-state index in [2.05, 4.69) is 15.5 Å². The molecular weight excluding hydrogens is 424 g/mol. The third kappa shape index (κ3) is 5.21. The lowest BCUT2D eigenvalue weighted by Gasteiger charge is -2.15. The zero-order chi connectivity index (χ0) is 23.2. The number of amides is 1. The van der Waals surface area contributed by atoms with Crippen molar-refractivity contribution in [3.05, 3.63) is 106 Å². The lowest BCUT2D eigenvalue weighted by Crippen LogP contribution is -2.30. The number of hydrogen-bond donors (Lipinski definition) is 1. The van der Waals surface area contributed by atoms with Gasteiger partial charge >= 0.3 is 0 Å². The third-order valence-electron chi connectivity index (χ3n) is 5.00. The Balaban J connectivity index is 1.61. The van der Waals surface area contributed by atoms with Crippen LogP contribution in [0.4, 0.5) is 5.69 Å². The number of carbonyl (C=O) groups is 1. The Morgan fingerprint density at radius 3 is 2.55 bits per heavy atom. The van der Waals surface area contributed by atoms with Crippen LogP contribution in [-0.2, 0) is 6.42 Å². The molecule has 3 aromatic carbocycles. The van der Waals surface area contributed by atoms with E-state index in [1.165, 1.54) is 12.1 Å². The Labute approximate surface area is 189 Å². The van der Waals surface area contributed by atoms with E-state index >= 15 is 0 Å². The minimum Gasteiger partial charge on any atom is -0.497 e. The highest BCUT2D eigenvalue weighted by Gasteiger charge is 2.23. The van der Waals surface area contributed by atoms with Crippen LogP contribution in [0, 0.1) is 10.1 Å². The van der Waals surface area contributed by atoms with Crippen molar-refractivity contribution in [3.63, 3.8) is 0 Å². The number of nitrogens with one attached hydrogen (secondary N) is 1. The first-order chi connectivity index (χ1) is 16.0. The average Bonchev–Trinajstić information content (AvgIpc) is 3.35. The van der Waals surface area contributed by atoms with Gasteiger partial charge in [-0.2, -0.15) is 4.98 Å². The van der Waals surface area contributed by atoms with Crippen molar-refractivity contribution >= 4 is 11.6 Å². The van der Waals surface area contributed by atoms with Crippen molar-refractivity contribution in [2.75, 3.05) is 7.11 Å². The predicted molar refractivity (Wildman–Crippen MR) is 120 cm³/mol. The molecule has 0 spiro atoms. The molecule has 0 aliphatic carbocycles. The summed E-state index contributed by atoms with van der Waals surface area (Å²) in [5.41, 5.74) is 1.78. The standard InChI is InChI=1S/C24H20N4O5/c1-32-20-12-10-17(11-13-20)23(29)25-21(14-16-6-3-2-4-7-16)24-26-22(27-33-24)18-8-5-9-19(15-18)28(30)31/h2-13,15,21H,14H2,1H3,(H,25,29). The number of nitro benzene ring substituents is 1. The van der Waals surface area contributed by atoms with Gasteiger partial charge in [0.1, 0.15) is 11.8 Å². The topological polar surface area (TPSA) is 120 Å². The van der Waals surface area contributed by atoms with Crippen LogP contribution in [0.25, 0.3) is 11.4 Å². The van der Waals surface area contributed by atoms with Crippen LogP contribution >= 0.6 is 0 Å². The molecule has 1 heterocycles. The van der Waals surface area contributed by atoms with Crippen LogP contribution in [0.3, 0.4) is 0 Å². The second-order valence-electron chi connectivity index (χ2n) is 7.21. The maximum Gasteiger partial charge on any atom is 0.270 e. The molecule has 1 atom stereocenters. The van der Waals surface area contributed by atoms with Crippen molar-refractivity contribution in [2.45, 2.75) is 12.5 Å². The highest BCUT2D eigenvalue weighted by Crippen LogP contribution is 2.25. The van der Waals surface area contributed by atoms with Crippen molar-refractivity contribution in [2.24, 2.45) is 0 Å². The minimum atomic E-state index is -0.609. The Kier molecular flexibility index (Phi) is 6.40. The van der Waals surface area contributed by atoms with Gasteiger partial charge in [0.15, 0.2) is 0 Å². The summed E-state index contributed by atoms with van der Waals surface area (Å²) >= 11 is 0. The number of carbonyl (C=O) groups excluding carboxylic acids is 1. The third-order valence-corrected chi connectivity index (χ3v) is 5.00. The van der Waals surface area contributed by atoms with E-state index in [1.807, 2.05) is 30.3 Å². The summed E-state index contributed by atoms with van der Waals surface area (Å²) in [4.78, 5) is 27.9. The number of rotatable bonds is 8. The van der Waals surface area contributed by atoms with Crippen LogP contribution in [-0.4, -0.2) is 28.1 Å². The Morgan fingerprint density at radius 2 is 1.85 bits per heavy atom. The van der Waals surface area contributed by atoms with Gasteiger partial charge in [-0.25, -0.2) is 0 Å². The largest absolute Gasteiger partial charge is 0.497 e. The summed E-state index contributed by atoms with van der Waals surface area (Å²) in [6.45, 7) is 0. The van der Waals surface area contributed by atoms with Gasteiger partial charge in [0, 0.05) is 29.7 Å². The summed E-state index contributed by atoms with van der Waals surface area (Å²) < 4.78 is 10.6. The normalized spacial score (nSPS) is 11.5. The molecule has 0 bridgehead atoms. The molecular formula is C24H20N4O5. The number of nitro groups is 1. The van der Waals surface area contributed by atoms with Gasteiger partial charge in [-0.05, 0) is 29.8 Å². The van der Waals surface area contributed by atoms with Gasteiger partial charge in [0.05, 0.1) is 12.0 Å². The Bertz CT molecular complexity index is 1260. The molecule has 9 heteroatoms. The molecule has 4 aromatic rings. The molecule has 1 unspecified atom stereocenters. The van der Waals surface area contributed by atoms with E-state index in [-0.39, 0.29) is 23.3 Å². The zero-order valence-electron chi connectivity index (χ0n) is 17.7. The smallest absolute Gasteiger partial charge is 0.270 e. The molecule has 4 rings (SSSR count). The highest BCUT2D eigenvalue weighted by atomic mass is 16.6. The van der Waals surface area contributed by atoms with Crippen LogP contribution in [0.1, 0.15) is 27.9 Å². The number of methoxy groups -OCH3 is 1. The van der Waals surface area contributed by atoms with E-state index in [0.717, 1.165) is 5.56 Å². The maximum atomic E-state index is 12.9. The molecule has 0 fully saturated rings. The van der Waals surface area contributed by atoms with Gasteiger partial charge in [-0.1, -0.05) is 47.6 Å². The molecule has 9 nitrogen and oxygen atoms in total. The summed E-state index contributed by atoms with van der Waals surface area (Å²) in [5, 5.41) is 18.0. The molecule has 0 aliphatic rings. The van der Waals surface area contributed by atoms with Gasteiger partial charge < -0.3 is 14.6 Å². The molecule has 1 aromatic heterocycles. The number of hydrogen-bond acceptors (Lipinski definition) is 7. The van der Waals surface area contributed by atoms with E-state index < -0.39 is 11.0 Å². The molecule has 0 radical (unpaired) electrons. The van der Waals surface area contributed by atoms with E-state index in [0.29, 0.717) is 23.3 Å². The maximum absolute atomic E-state index is 12.9. The summed E-state index contributed by atoms with van der Waals surface area (Å²) in [6, 6.07) is 21.7. The first-order valence-electron chi connectivity index (χ1n) is 10.1. The molecule has 1 N–H and O–H groups in total. The van der Waals surface area contributed by atoms with Crippen molar-refractivity contribution < 1.29 is 19.0 Å². The van der Waals surface area contributed by atoms with Crippen LogP contribution < -0.4 is 10.1 Å². The van der Waals surface area contributed by atoms with Gasteiger partial charge in [0.2, 0.25) is 11.7 Å². The van der Waals surface area contributed by atoms with E-state index in [4.69, 9.17) is 9.26 Å². The fourth-order valence-electron chi connectivity index (χ4n) is 3.29. The molecule has 0 saturated heterocycles. The second-order valence-corrected chi connectivity index (χ2v) is 7.21. The fourth-order valence-corrected chi connectivity index (χ4v) is 3.29. The zero-order valence-corrected chi connectivity index (χ0v) is 17.7. The number of aromatic nitrogens is 2. The lowest BCUT2D eigenvalue weighted by atomic mass is 10.1. The first-order valence-corrected chi connectivity index (χ1v) is 10.1. The lowest BCUT2D eigenvalue weighted by molar-refractivity contribution is -0.384. The van der Waals surface area contributed by atoms with Crippen LogP contribution in [0.5, 0.6) is 5.75 Å². The number of benzene rings is 3. The van der Waals surface area contributed by atoms with Gasteiger partial charge in [-0.3, -0.25) is 14.9 Å². The monoisotopic (exact) mass is 444 g/mol. The molecule has 0 aliphatic heterocycles. The first kappa shape index (κ1) is 21.7. The van der Waals surface area contributed by atoms with E-state index in [1.54, 1.807) is 43.5 Å². The number of nitrogens with zero attached hydrogens (tertiary/aromatic N) is 3. The van der Waals surface area contributed by atoms with Gasteiger partial charge in [-0.15, -0.1) is 0 Å². The SMILES string of the molecule is COc1ccc(C(=O)NC(Cc2ccccc2)c2nc(-c3cccc([N+](=O)[O-])c3)no2)cc1. The molecule has 1 amide bonds. The molecule has 0 saturated carbocycles. The molecule has 33 heavy (non-hydrogen) atoms. The van der Waals surface area contributed by atoms with Crippen LogP contribution in [0.15, 0.2) is 83.4 Å². The Hall–Kier alpha value is -4.53. The minimum absolute atomic E-state index is 0.0764. The quantitative estimate of drug-likeness (QED) is 0.316. The van der Waals surface area contributed by atoms with Crippen molar-refractivity contribution in [1.82, 2.24) is 15.5 Å². The van der Waals surface area contributed by atoms with Crippen LogP contribution in [0.2, 0.25) is 0 Å². The predicted octanol–water partition coefficient (Wildman–Crippen LogP) is 4.37.